The van der Waals surface area contributed by atoms with Gasteiger partial charge in [0.15, 0.2) is 23.0 Å². The fourth-order valence-corrected chi connectivity index (χ4v) is 15.7. The Labute approximate surface area is 659 Å². The van der Waals surface area contributed by atoms with Crippen molar-refractivity contribution in [3.63, 3.8) is 0 Å². The maximum Gasteiger partial charge on any atom is 0.203 e. The highest BCUT2D eigenvalue weighted by molar-refractivity contribution is 5.55. The quantitative estimate of drug-likeness (QED) is 0.0415. The van der Waals surface area contributed by atoms with Crippen molar-refractivity contribution >= 4 is 0 Å². The normalized spacial score (nSPS) is 11.9. The van der Waals surface area contributed by atoms with Gasteiger partial charge in [0, 0.05) is 22.3 Å². The average molecular weight is 1480 g/mol. The molecule has 3 rings (SSSR count). The Morgan fingerprint density at radius 3 is 0.538 bits per heavy atom. The van der Waals surface area contributed by atoms with Gasteiger partial charge in [0.25, 0.3) is 0 Å². The highest BCUT2D eigenvalue weighted by Crippen LogP contribution is 2.42. The predicted octanol–water partition coefficient (Wildman–Crippen LogP) is 31.0. The second-order valence-electron chi connectivity index (χ2n) is 34.3. The average Bonchev–Trinajstić information content (AvgIpc) is 0.819. The summed E-state index contributed by atoms with van der Waals surface area (Å²) in [5, 5.41) is 0. The Hall–Kier alpha value is -3.62. The van der Waals surface area contributed by atoms with E-state index in [-0.39, 0.29) is 0 Å². The van der Waals surface area contributed by atoms with Crippen LogP contribution in [0.25, 0.3) is 0 Å². The molecule has 0 unspecified atom stereocenters. The molecule has 0 heterocycles. The van der Waals surface area contributed by atoms with E-state index in [0.717, 1.165) is 108 Å². The molecule has 0 aliphatic rings. The summed E-state index contributed by atoms with van der Waals surface area (Å²) in [6.07, 6.45) is 78.5. The number of unbranched alkanes of at least 4 members (excludes halogenated alkanes) is 54. The summed E-state index contributed by atoms with van der Waals surface area (Å²) in [5.41, 5.74) is 5.22. The zero-order valence-electron chi connectivity index (χ0n) is 72.5. The van der Waals surface area contributed by atoms with Crippen LogP contribution in [0.1, 0.15) is 449 Å². The third-order valence-electron chi connectivity index (χ3n) is 22.1. The molecule has 0 aliphatic heterocycles. The summed E-state index contributed by atoms with van der Waals surface area (Å²) < 4.78 is 43.0. The van der Waals surface area contributed by atoms with Crippen molar-refractivity contribution in [2.45, 2.75) is 453 Å². The van der Waals surface area contributed by atoms with E-state index in [0.29, 0.717) is 39.6 Å². The lowest BCUT2D eigenvalue weighted by Gasteiger charge is -2.32. The molecular weight excluding hydrogens is 1300 g/mol. The molecule has 0 amide bonds. The first kappa shape index (κ1) is 96.6. The Morgan fingerprint density at radius 1 is 0.189 bits per heavy atom. The van der Waals surface area contributed by atoms with Crippen molar-refractivity contribution in [1.29, 1.82) is 0 Å². The van der Waals surface area contributed by atoms with Gasteiger partial charge in [0.2, 0.25) is 11.5 Å². The van der Waals surface area contributed by atoms with Crippen molar-refractivity contribution in [3.05, 3.63) is 70.8 Å². The smallest absolute Gasteiger partial charge is 0.203 e. The molecule has 0 aliphatic carbocycles. The van der Waals surface area contributed by atoms with Gasteiger partial charge in [-0.25, -0.2) is 0 Å². The Balaban J connectivity index is 1.89. The monoisotopic (exact) mass is 1480 g/mol. The molecule has 0 saturated carbocycles. The van der Waals surface area contributed by atoms with E-state index in [2.05, 4.69) is 118 Å². The van der Waals surface area contributed by atoms with Gasteiger partial charge in [0.1, 0.15) is 26.2 Å². The molecule has 0 spiro atoms. The lowest BCUT2D eigenvalue weighted by atomic mass is 10.1. The van der Waals surface area contributed by atoms with E-state index in [4.69, 9.17) is 28.4 Å². The molecule has 3 aromatic rings. The molecule has 8 heteroatoms. The van der Waals surface area contributed by atoms with Gasteiger partial charge in [-0.15, -0.1) is 0 Å². The van der Waals surface area contributed by atoms with E-state index in [1.54, 1.807) is 0 Å². The summed E-state index contributed by atoms with van der Waals surface area (Å²) >= 11 is 0. The lowest BCUT2D eigenvalue weighted by molar-refractivity contribution is -0.917. The molecule has 0 aromatic heterocycles. The van der Waals surface area contributed by atoms with E-state index in [9.17, 15) is 0 Å². The number of hydrogen-bond donors (Lipinski definition) is 0. The molecule has 0 fully saturated rings. The largest absolute Gasteiger partial charge is 0.490 e. The summed E-state index contributed by atoms with van der Waals surface area (Å²) in [5.74, 6) is 5.12. The summed E-state index contributed by atoms with van der Waals surface area (Å²) in [6.45, 7) is 21.6. The molecule has 3 aromatic carbocycles. The molecule has 614 valence electrons. The Morgan fingerprint density at radius 2 is 0.349 bits per heavy atom. The summed E-state index contributed by atoms with van der Waals surface area (Å²) in [7, 11) is 9.59. The fourth-order valence-electron chi connectivity index (χ4n) is 15.7. The van der Waals surface area contributed by atoms with E-state index in [1.807, 2.05) is 0 Å². The second kappa shape index (κ2) is 68.2. The van der Waals surface area contributed by atoms with Crippen molar-refractivity contribution in [3.8, 4) is 34.5 Å². The first-order valence-electron chi connectivity index (χ1n) is 46.8. The van der Waals surface area contributed by atoms with Gasteiger partial charge in [-0.3, -0.25) is 0 Å². The summed E-state index contributed by atoms with van der Waals surface area (Å²) in [4.78, 5) is 0. The van der Waals surface area contributed by atoms with Crippen LogP contribution in [-0.2, 0) is 26.2 Å². The van der Waals surface area contributed by atoms with Crippen LogP contribution >= 0.6 is 0 Å². The molecule has 0 radical (unpaired) electrons. The van der Waals surface area contributed by atoms with Gasteiger partial charge in [0.05, 0.1) is 67.8 Å². The van der Waals surface area contributed by atoms with Crippen LogP contribution < -0.4 is 28.4 Å². The molecule has 0 atom stereocenters. The van der Waals surface area contributed by atoms with E-state index in [1.165, 1.54) is 369 Å². The molecule has 0 N–H and O–H groups in total. The lowest BCUT2D eigenvalue weighted by Crippen LogP contribution is -2.38. The Kier molecular flexibility index (Phi) is 62.1. The predicted molar refractivity (Wildman–Crippen MR) is 462 cm³/mol. The first-order valence-corrected chi connectivity index (χ1v) is 46.8. The third kappa shape index (κ3) is 53.3. The van der Waals surface area contributed by atoms with Crippen LogP contribution in [0.2, 0.25) is 0 Å². The second-order valence-corrected chi connectivity index (χ2v) is 34.3. The van der Waals surface area contributed by atoms with Crippen LogP contribution in [0.5, 0.6) is 34.5 Å². The highest BCUT2D eigenvalue weighted by atomic mass is 16.5. The van der Waals surface area contributed by atoms with Crippen molar-refractivity contribution < 1.29 is 37.4 Å². The zero-order chi connectivity index (χ0) is 76.2. The minimum absolute atomic E-state index is 0.692. The number of quaternary nitrogens is 2. The highest BCUT2D eigenvalue weighted by Gasteiger charge is 2.26. The molecule has 0 bridgehead atoms. The van der Waals surface area contributed by atoms with Crippen LogP contribution in [0.3, 0.4) is 0 Å². The van der Waals surface area contributed by atoms with Crippen LogP contribution in [0.4, 0.5) is 0 Å². The van der Waals surface area contributed by atoms with Gasteiger partial charge in [-0.2, -0.15) is 0 Å². The number of hydrogen-bond acceptors (Lipinski definition) is 6. The van der Waals surface area contributed by atoms with Crippen molar-refractivity contribution in [2.75, 3.05) is 67.8 Å². The molecule has 0 saturated heterocycles. The zero-order valence-corrected chi connectivity index (χ0v) is 72.5. The van der Waals surface area contributed by atoms with Gasteiger partial charge >= 0.3 is 0 Å². The number of nitrogens with zero attached hydrogens (tertiary/aromatic N) is 2. The minimum atomic E-state index is 0.692. The number of rotatable bonds is 80. The van der Waals surface area contributed by atoms with E-state index < -0.39 is 0 Å². The number of benzene rings is 3. The number of ether oxygens (including phenoxy) is 6. The summed E-state index contributed by atoms with van der Waals surface area (Å²) in [6, 6.07) is 18.7. The van der Waals surface area contributed by atoms with Gasteiger partial charge in [-0.1, -0.05) is 406 Å². The maximum absolute atomic E-state index is 6.91. The van der Waals surface area contributed by atoms with Crippen molar-refractivity contribution in [1.82, 2.24) is 0 Å². The van der Waals surface area contributed by atoms with Gasteiger partial charge < -0.3 is 37.4 Å². The van der Waals surface area contributed by atoms with Crippen LogP contribution in [0.15, 0.2) is 48.5 Å². The molecule has 8 nitrogen and oxygen atoms in total. The fraction of sp³-hybridized carbons (Fsp3) is 0.816. The van der Waals surface area contributed by atoms with Crippen LogP contribution in [-0.4, -0.2) is 76.8 Å². The van der Waals surface area contributed by atoms with E-state index >= 15 is 0 Å². The van der Waals surface area contributed by atoms with Crippen molar-refractivity contribution in [2.24, 2.45) is 0 Å². The minimum Gasteiger partial charge on any atom is -0.490 e. The topological polar surface area (TPSA) is 55.4 Å². The van der Waals surface area contributed by atoms with Crippen LogP contribution in [0, 0.1) is 0 Å². The standard InChI is InChI=1S/C98H178N2O6/c1-11-17-23-29-35-41-47-53-59-65-74-101-93-81-91(82-94(102-75-66-60-54-48-42-36-30-24-18-12-2)97(93)105-78-69-63-57-51-45-39-33-27-21-15-5)87-99(7,8)85-89-72-71-73-90(80-89)86-100(9,10)88-92-83-95(103-76-67-61-55-49-43-37-31-25-19-13-3)98(106-79-70-64-58-52-46-40-34-28-22-16-6)96(84-92)104-77-68-62-56-50-44-38-32-26-20-14-4/h71-73,80-84H,11-70,74-79,85-88H2,1-10H3/q+2. The van der Waals surface area contributed by atoms with Gasteiger partial charge in [-0.05, 0) is 68.9 Å². The first-order chi connectivity index (χ1) is 52.0. The molecular formula is C98H178N2O6+2. The Bertz CT molecular complexity index is 2160. The third-order valence-corrected chi connectivity index (χ3v) is 22.1. The maximum atomic E-state index is 6.91. The SMILES string of the molecule is CCCCCCCCCCCCOc1cc(C[N+](C)(C)Cc2cccc(C[N+](C)(C)Cc3cc(OCCCCCCCCCCCC)c(OCCCCCCCCCCCC)c(OCCCCCCCCCCCC)c3)c2)cc(OCCCCCCCCCCCC)c1OCCCCCCCCCCCC. The molecule has 106 heavy (non-hydrogen) atoms.